The van der Waals surface area contributed by atoms with Crippen LogP contribution in [0.15, 0.2) is 24.5 Å². The highest BCUT2D eigenvalue weighted by atomic mass is 16.5. The monoisotopic (exact) mass is 445 g/mol. The minimum absolute atomic E-state index is 0.0415. The third-order valence-corrected chi connectivity index (χ3v) is 6.08. The molecule has 0 spiro atoms. The molecule has 3 aromatic rings. The second kappa shape index (κ2) is 8.27. The number of nitriles is 1. The summed E-state index contributed by atoms with van der Waals surface area (Å²) in [6.07, 6.45) is 2.15. The van der Waals surface area contributed by atoms with Crippen LogP contribution in [-0.2, 0) is 23.2 Å². The molecule has 0 bridgehead atoms. The van der Waals surface area contributed by atoms with Crippen LogP contribution in [0.4, 0.5) is 17.3 Å². The van der Waals surface area contributed by atoms with Gasteiger partial charge in [0.25, 0.3) is 0 Å². The summed E-state index contributed by atoms with van der Waals surface area (Å²) in [6, 6.07) is 7.83. The molecule has 168 valence electrons. The lowest BCUT2D eigenvalue weighted by Gasteiger charge is -2.21. The number of aliphatic hydroxyl groups is 1. The molecule has 1 atom stereocenters. The van der Waals surface area contributed by atoms with Crippen molar-refractivity contribution in [3.8, 4) is 23.3 Å². The molecule has 2 aliphatic rings. The lowest BCUT2D eigenvalue weighted by molar-refractivity contribution is 0.109. The van der Waals surface area contributed by atoms with Crippen molar-refractivity contribution in [2.24, 2.45) is 0 Å². The van der Waals surface area contributed by atoms with Gasteiger partial charge in [-0.3, -0.25) is 0 Å². The number of anilines is 3. The number of ether oxygens (including phenoxy) is 2. The molecule has 10 nitrogen and oxygen atoms in total. The first kappa shape index (κ1) is 21.1. The summed E-state index contributed by atoms with van der Waals surface area (Å²) in [5.41, 5.74) is 4.86. The largest absolute Gasteiger partial charge is 0.480 e. The van der Waals surface area contributed by atoms with E-state index in [1.807, 2.05) is 19.1 Å². The zero-order valence-electron chi connectivity index (χ0n) is 18.3. The molecule has 2 aliphatic heterocycles. The zero-order valence-corrected chi connectivity index (χ0v) is 18.3. The van der Waals surface area contributed by atoms with E-state index in [0.29, 0.717) is 54.2 Å². The topological polar surface area (TPSA) is 138 Å². The van der Waals surface area contributed by atoms with Crippen LogP contribution in [0.25, 0.3) is 11.4 Å². The number of hydrogen-bond acceptors (Lipinski definition) is 10. The van der Waals surface area contributed by atoms with Gasteiger partial charge in [-0.05, 0) is 23.8 Å². The number of rotatable bonds is 5. The van der Waals surface area contributed by atoms with Gasteiger partial charge in [0.05, 0.1) is 43.9 Å². The average Bonchev–Trinajstić information content (AvgIpc) is 3.20. The van der Waals surface area contributed by atoms with Crippen LogP contribution in [-0.4, -0.2) is 51.9 Å². The third kappa shape index (κ3) is 3.71. The van der Waals surface area contributed by atoms with Crippen LogP contribution in [0.2, 0.25) is 0 Å². The Hall–Kier alpha value is -3.81. The van der Waals surface area contributed by atoms with Crippen LogP contribution in [0.1, 0.15) is 29.3 Å². The molecular weight excluding hydrogens is 422 g/mol. The number of benzene rings is 1. The second-order valence-electron chi connectivity index (χ2n) is 8.34. The van der Waals surface area contributed by atoms with Crippen LogP contribution in [0.5, 0.6) is 5.88 Å². The van der Waals surface area contributed by atoms with E-state index in [1.165, 1.54) is 6.33 Å². The number of nitrogens with one attached hydrogen (secondary N) is 2. The second-order valence-corrected chi connectivity index (χ2v) is 8.34. The Morgan fingerprint density at radius 2 is 2.18 bits per heavy atom. The molecule has 5 rings (SSSR count). The molecule has 3 N–H and O–H groups in total. The molecule has 10 heteroatoms. The van der Waals surface area contributed by atoms with E-state index in [2.05, 4.69) is 36.6 Å². The van der Waals surface area contributed by atoms with E-state index in [4.69, 9.17) is 9.47 Å². The summed E-state index contributed by atoms with van der Waals surface area (Å²) in [5.74, 6) is 1.18. The van der Waals surface area contributed by atoms with Crippen LogP contribution in [0, 0.1) is 11.3 Å². The quantitative estimate of drug-likeness (QED) is 0.536. The van der Waals surface area contributed by atoms with Gasteiger partial charge in [-0.2, -0.15) is 10.2 Å². The fourth-order valence-corrected chi connectivity index (χ4v) is 4.17. The molecule has 0 amide bonds. The van der Waals surface area contributed by atoms with Gasteiger partial charge in [0.15, 0.2) is 5.82 Å². The highest BCUT2D eigenvalue weighted by Crippen LogP contribution is 2.41. The summed E-state index contributed by atoms with van der Waals surface area (Å²) in [7, 11) is 1.57. The SMILES string of the molecule is COc1nc2c(cc1Nc1ncnc(-c3cc(C#N)c4c(c3)[C@@](C)(CO)CN4)n1)COCC2. The van der Waals surface area contributed by atoms with E-state index in [1.54, 1.807) is 13.2 Å². The van der Waals surface area contributed by atoms with Crippen molar-refractivity contribution < 1.29 is 14.6 Å². The summed E-state index contributed by atoms with van der Waals surface area (Å²) in [5, 5.41) is 26.0. The van der Waals surface area contributed by atoms with Gasteiger partial charge in [-0.25, -0.2) is 15.0 Å². The van der Waals surface area contributed by atoms with Crippen LogP contribution in [0.3, 0.4) is 0 Å². The van der Waals surface area contributed by atoms with Crippen LogP contribution >= 0.6 is 0 Å². The molecule has 0 aliphatic carbocycles. The number of fused-ring (bicyclic) bond motifs is 2. The van der Waals surface area contributed by atoms with Crippen molar-refractivity contribution in [3.05, 3.63) is 46.9 Å². The maximum atomic E-state index is 9.94. The zero-order chi connectivity index (χ0) is 23.0. The number of methoxy groups -OCH3 is 1. The minimum atomic E-state index is -0.491. The molecule has 0 saturated carbocycles. The van der Waals surface area contributed by atoms with Gasteiger partial charge in [-0.1, -0.05) is 6.92 Å². The van der Waals surface area contributed by atoms with E-state index in [-0.39, 0.29) is 6.61 Å². The normalized spacial score (nSPS) is 18.6. The number of hydrogen-bond donors (Lipinski definition) is 3. The van der Waals surface area contributed by atoms with Crippen molar-refractivity contribution in [3.63, 3.8) is 0 Å². The van der Waals surface area contributed by atoms with Crippen molar-refractivity contribution in [2.45, 2.75) is 25.4 Å². The predicted molar refractivity (Wildman–Crippen MR) is 120 cm³/mol. The van der Waals surface area contributed by atoms with Gasteiger partial charge in [0.2, 0.25) is 11.8 Å². The summed E-state index contributed by atoms with van der Waals surface area (Å²) in [6.45, 7) is 3.60. The maximum Gasteiger partial charge on any atom is 0.237 e. The smallest absolute Gasteiger partial charge is 0.237 e. The summed E-state index contributed by atoms with van der Waals surface area (Å²) < 4.78 is 11.0. The standard InChI is InChI=1S/C23H23N7O3/c1-23(11-31)10-25-19-14(8-24)5-13(6-16(19)23)20-26-12-27-22(30-20)29-18-7-15-9-33-4-3-17(15)28-21(18)32-2/h5-7,12,25,31H,3-4,9-11H2,1-2H3,(H,26,27,29,30)/t23-/m1/s1. The Bertz CT molecular complexity index is 1270. The number of aliphatic hydroxyl groups excluding tert-OH is 1. The fourth-order valence-electron chi connectivity index (χ4n) is 4.17. The number of aromatic nitrogens is 4. The molecule has 4 heterocycles. The first-order valence-electron chi connectivity index (χ1n) is 10.6. The van der Waals surface area contributed by atoms with Gasteiger partial charge in [-0.15, -0.1) is 0 Å². The Labute approximate surface area is 190 Å². The Morgan fingerprint density at radius 1 is 1.30 bits per heavy atom. The summed E-state index contributed by atoms with van der Waals surface area (Å²) in [4.78, 5) is 17.7. The summed E-state index contributed by atoms with van der Waals surface area (Å²) >= 11 is 0. The molecule has 2 aromatic heterocycles. The molecule has 0 unspecified atom stereocenters. The van der Waals surface area contributed by atoms with Crippen molar-refractivity contribution in [2.75, 3.05) is 37.5 Å². The molecular formula is C23H23N7O3. The molecule has 0 fully saturated rings. The van der Waals surface area contributed by atoms with Crippen molar-refractivity contribution in [1.82, 2.24) is 19.9 Å². The lowest BCUT2D eigenvalue weighted by atomic mass is 9.84. The minimum Gasteiger partial charge on any atom is -0.480 e. The third-order valence-electron chi connectivity index (χ3n) is 6.08. The Morgan fingerprint density at radius 3 is 2.97 bits per heavy atom. The molecule has 1 aromatic carbocycles. The highest BCUT2D eigenvalue weighted by molar-refractivity contribution is 5.75. The number of pyridine rings is 1. The van der Waals surface area contributed by atoms with Gasteiger partial charge < -0.3 is 25.2 Å². The molecule has 0 saturated heterocycles. The van der Waals surface area contributed by atoms with E-state index in [0.717, 1.165) is 28.9 Å². The predicted octanol–water partition coefficient (Wildman–Crippen LogP) is 2.31. The Kier molecular flexibility index (Phi) is 5.28. The average molecular weight is 445 g/mol. The number of nitrogens with zero attached hydrogens (tertiary/aromatic N) is 5. The van der Waals surface area contributed by atoms with Crippen molar-refractivity contribution in [1.29, 1.82) is 5.26 Å². The van der Waals surface area contributed by atoms with E-state index in [9.17, 15) is 10.4 Å². The molecule has 33 heavy (non-hydrogen) atoms. The van der Waals surface area contributed by atoms with E-state index >= 15 is 0 Å². The Balaban J connectivity index is 1.52. The fraction of sp³-hybridized carbons (Fsp3) is 0.348. The van der Waals surface area contributed by atoms with Gasteiger partial charge in [0.1, 0.15) is 18.1 Å². The first-order valence-corrected chi connectivity index (χ1v) is 10.6. The van der Waals surface area contributed by atoms with Crippen molar-refractivity contribution >= 4 is 17.3 Å². The maximum absolute atomic E-state index is 9.94. The van der Waals surface area contributed by atoms with Gasteiger partial charge in [0, 0.05) is 29.5 Å². The van der Waals surface area contributed by atoms with E-state index < -0.39 is 5.41 Å². The highest BCUT2D eigenvalue weighted by Gasteiger charge is 2.36. The van der Waals surface area contributed by atoms with Crippen LogP contribution < -0.4 is 15.4 Å². The van der Waals surface area contributed by atoms with Gasteiger partial charge >= 0.3 is 0 Å². The lowest BCUT2D eigenvalue weighted by Crippen LogP contribution is -2.28. The first-order chi connectivity index (χ1) is 16.0. The molecule has 0 radical (unpaired) electrons.